The average Bonchev–Trinajstić information content (AvgIpc) is 3.00. The molecule has 2 aromatic heterocycles. The Hall–Kier alpha value is -1.66. The van der Waals surface area contributed by atoms with E-state index in [0.717, 1.165) is 5.01 Å². The van der Waals surface area contributed by atoms with Crippen LogP contribution < -0.4 is 11.1 Å². The van der Waals surface area contributed by atoms with Crippen LogP contribution >= 0.6 is 11.3 Å². The Bertz CT molecular complexity index is 531. The van der Waals surface area contributed by atoms with Crippen LogP contribution in [-0.2, 0) is 12.1 Å². The van der Waals surface area contributed by atoms with Crippen molar-refractivity contribution in [2.24, 2.45) is 5.73 Å². The van der Waals surface area contributed by atoms with Crippen molar-refractivity contribution in [2.75, 3.05) is 0 Å². The van der Waals surface area contributed by atoms with Crippen molar-refractivity contribution in [3.63, 3.8) is 0 Å². The fourth-order valence-corrected chi connectivity index (χ4v) is 2.26. The molecule has 3 N–H and O–H groups in total. The molecule has 0 aliphatic carbocycles. The zero-order valence-electron chi connectivity index (χ0n) is 10.3. The minimum Gasteiger partial charge on any atom is -0.455 e. The molecule has 2 aromatic rings. The van der Waals surface area contributed by atoms with Crippen molar-refractivity contribution in [1.29, 1.82) is 0 Å². The zero-order valence-corrected chi connectivity index (χ0v) is 11.1. The average molecular weight is 265 g/mol. The predicted molar refractivity (Wildman–Crippen MR) is 69.2 cm³/mol. The maximum atomic E-state index is 12.0. The lowest BCUT2D eigenvalue weighted by molar-refractivity contribution is 0.0881. The Labute approximate surface area is 109 Å². The number of carbonyl (C=O) groups is 1. The molecule has 6 heteroatoms. The van der Waals surface area contributed by atoms with Crippen molar-refractivity contribution in [3.05, 3.63) is 40.2 Å². The number of nitrogens with two attached hydrogens (primary N) is 1. The summed E-state index contributed by atoms with van der Waals surface area (Å²) >= 11 is 1.50. The topological polar surface area (TPSA) is 81.2 Å². The lowest BCUT2D eigenvalue weighted by Crippen LogP contribution is -2.40. The van der Waals surface area contributed by atoms with Gasteiger partial charge in [-0.05, 0) is 26.0 Å². The molecule has 0 aliphatic rings. The van der Waals surface area contributed by atoms with Crippen LogP contribution in [0.1, 0.15) is 35.2 Å². The molecule has 0 unspecified atom stereocenters. The Morgan fingerprint density at radius 3 is 2.89 bits per heavy atom. The SMILES string of the molecule is CC(C)(NC(=O)c1ccc(CN)o1)c1nccs1. The molecule has 0 radical (unpaired) electrons. The third kappa shape index (κ3) is 2.60. The van der Waals surface area contributed by atoms with E-state index in [4.69, 9.17) is 10.2 Å². The van der Waals surface area contributed by atoms with Gasteiger partial charge in [-0.25, -0.2) is 4.98 Å². The number of hydrogen-bond acceptors (Lipinski definition) is 5. The molecule has 0 bridgehead atoms. The number of amides is 1. The second kappa shape index (κ2) is 4.91. The van der Waals surface area contributed by atoms with Gasteiger partial charge in [-0.15, -0.1) is 11.3 Å². The number of carbonyl (C=O) groups excluding carboxylic acids is 1. The zero-order chi connectivity index (χ0) is 13.2. The van der Waals surface area contributed by atoms with Crippen LogP contribution in [0.2, 0.25) is 0 Å². The van der Waals surface area contributed by atoms with Gasteiger partial charge in [-0.1, -0.05) is 0 Å². The lowest BCUT2D eigenvalue weighted by Gasteiger charge is -2.23. The molecule has 0 aromatic carbocycles. The summed E-state index contributed by atoms with van der Waals surface area (Å²) in [5, 5.41) is 5.61. The minimum atomic E-state index is -0.527. The van der Waals surface area contributed by atoms with Crippen molar-refractivity contribution >= 4 is 17.2 Å². The van der Waals surface area contributed by atoms with Crippen molar-refractivity contribution in [3.8, 4) is 0 Å². The van der Waals surface area contributed by atoms with Crippen LogP contribution in [0.4, 0.5) is 0 Å². The normalized spacial score (nSPS) is 11.5. The number of thiazole rings is 1. The number of rotatable bonds is 4. The van der Waals surface area contributed by atoms with Gasteiger partial charge in [0, 0.05) is 11.6 Å². The summed E-state index contributed by atoms with van der Waals surface area (Å²) < 4.78 is 5.30. The van der Waals surface area contributed by atoms with E-state index in [1.807, 2.05) is 19.2 Å². The number of nitrogens with zero attached hydrogens (tertiary/aromatic N) is 1. The highest BCUT2D eigenvalue weighted by Crippen LogP contribution is 2.22. The summed E-state index contributed by atoms with van der Waals surface area (Å²) in [5.41, 5.74) is 4.91. The van der Waals surface area contributed by atoms with Gasteiger partial charge in [0.2, 0.25) is 0 Å². The van der Waals surface area contributed by atoms with E-state index >= 15 is 0 Å². The highest BCUT2D eigenvalue weighted by Gasteiger charge is 2.27. The van der Waals surface area contributed by atoms with E-state index in [9.17, 15) is 4.79 Å². The summed E-state index contributed by atoms with van der Waals surface area (Å²) in [7, 11) is 0. The molecule has 96 valence electrons. The summed E-state index contributed by atoms with van der Waals surface area (Å²) in [5.74, 6) is 0.585. The van der Waals surface area contributed by atoms with Gasteiger partial charge in [0.05, 0.1) is 12.1 Å². The van der Waals surface area contributed by atoms with Crippen molar-refractivity contribution in [1.82, 2.24) is 10.3 Å². The number of furan rings is 1. The standard InChI is InChI=1S/C12H15N3O2S/c1-12(2,11-14-5-6-18-11)15-10(16)9-4-3-8(7-13)17-9/h3-6H,7,13H2,1-2H3,(H,15,16). The van der Waals surface area contributed by atoms with Crippen LogP contribution in [0.5, 0.6) is 0 Å². The van der Waals surface area contributed by atoms with Crippen molar-refractivity contribution in [2.45, 2.75) is 25.9 Å². The van der Waals surface area contributed by atoms with Gasteiger partial charge in [0.15, 0.2) is 5.76 Å². The first-order valence-corrected chi connectivity index (χ1v) is 6.42. The quantitative estimate of drug-likeness (QED) is 0.884. The van der Waals surface area contributed by atoms with E-state index in [1.54, 1.807) is 18.3 Å². The van der Waals surface area contributed by atoms with Crippen LogP contribution in [0.3, 0.4) is 0 Å². The van der Waals surface area contributed by atoms with Crippen LogP contribution in [-0.4, -0.2) is 10.9 Å². The molecular weight excluding hydrogens is 250 g/mol. The molecular formula is C12H15N3O2S. The molecule has 2 rings (SSSR count). The Kier molecular flexibility index (Phi) is 3.49. The predicted octanol–water partition coefficient (Wildman–Crippen LogP) is 1.86. The number of aromatic nitrogens is 1. The Balaban J connectivity index is 2.11. The summed E-state index contributed by atoms with van der Waals surface area (Å²) in [6.45, 7) is 4.08. The molecule has 2 heterocycles. The van der Waals surface area contributed by atoms with Crippen LogP contribution in [0.25, 0.3) is 0 Å². The molecule has 0 aliphatic heterocycles. The third-order valence-corrected chi connectivity index (χ3v) is 3.58. The Morgan fingerprint density at radius 2 is 2.33 bits per heavy atom. The first kappa shape index (κ1) is 12.8. The van der Waals surface area contributed by atoms with E-state index < -0.39 is 5.54 Å². The second-order valence-corrected chi connectivity index (χ2v) is 5.28. The number of nitrogens with one attached hydrogen (secondary N) is 1. The molecule has 0 fully saturated rings. The largest absolute Gasteiger partial charge is 0.455 e. The fraction of sp³-hybridized carbons (Fsp3) is 0.333. The minimum absolute atomic E-state index is 0.264. The molecule has 1 amide bonds. The molecule has 0 atom stereocenters. The van der Waals surface area contributed by atoms with E-state index in [0.29, 0.717) is 5.76 Å². The van der Waals surface area contributed by atoms with Gasteiger partial charge >= 0.3 is 0 Å². The second-order valence-electron chi connectivity index (χ2n) is 4.39. The van der Waals surface area contributed by atoms with E-state index in [-0.39, 0.29) is 18.2 Å². The molecule has 5 nitrogen and oxygen atoms in total. The number of hydrogen-bond donors (Lipinski definition) is 2. The maximum absolute atomic E-state index is 12.0. The molecule has 0 saturated heterocycles. The van der Waals surface area contributed by atoms with Gasteiger partial charge in [-0.3, -0.25) is 4.79 Å². The first-order chi connectivity index (χ1) is 8.53. The Morgan fingerprint density at radius 1 is 1.56 bits per heavy atom. The van der Waals surface area contributed by atoms with E-state index in [1.165, 1.54) is 11.3 Å². The van der Waals surface area contributed by atoms with Crippen molar-refractivity contribution < 1.29 is 9.21 Å². The summed E-state index contributed by atoms with van der Waals surface area (Å²) in [6, 6.07) is 3.32. The highest BCUT2D eigenvalue weighted by atomic mass is 32.1. The monoisotopic (exact) mass is 265 g/mol. The maximum Gasteiger partial charge on any atom is 0.287 e. The third-order valence-electron chi connectivity index (χ3n) is 2.48. The van der Waals surface area contributed by atoms with Crippen LogP contribution in [0.15, 0.2) is 28.1 Å². The van der Waals surface area contributed by atoms with E-state index in [2.05, 4.69) is 10.3 Å². The highest BCUT2D eigenvalue weighted by molar-refractivity contribution is 7.09. The van der Waals surface area contributed by atoms with Gasteiger partial charge in [0.25, 0.3) is 5.91 Å². The molecule has 0 saturated carbocycles. The lowest BCUT2D eigenvalue weighted by atomic mass is 10.1. The van der Waals surface area contributed by atoms with Gasteiger partial charge in [-0.2, -0.15) is 0 Å². The van der Waals surface area contributed by atoms with Gasteiger partial charge in [0.1, 0.15) is 10.8 Å². The molecule has 18 heavy (non-hydrogen) atoms. The van der Waals surface area contributed by atoms with Crippen LogP contribution in [0, 0.1) is 0 Å². The summed E-state index contributed by atoms with van der Waals surface area (Å²) in [4.78, 5) is 16.2. The smallest absolute Gasteiger partial charge is 0.287 e. The first-order valence-electron chi connectivity index (χ1n) is 5.54. The fourth-order valence-electron chi connectivity index (χ4n) is 1.54. The van der Waals surface area contributed by atoms with Gasteiger partial charge < -0.3 is 15.5 Å². The summed E-state index contributed by atoms with van der Waals surface area (Å²) in [6.07, 6.45) is 1.72. The molecule has 0 spiro atoms.